The second-order valence-electron chi connectivity index (χ2n) is 16.6. The van der Waals surface area contributed by atoms with Crippen LogP contribution in [0, 0.1) is 23.7 Å². The molecule has 9 rings (SSSR count). The maximum Gasteiger partial charge on any atom is 0.417 e. The maximum atomic E-state index is 15.5. The van der Waals surface area contributed by atoms with Gasteiger partial charge in [-0.05, 0) is 73.9 Å². The maximum absolute atomic E-state index is 15.5. The number of ether oxygens (including phenoxy) is 1. The van der Waals surface area contributed by atoms with Crippen LogP contribution >= 0.6 is 23.2 Å². The molecule has 0 radical (unpaired) electrons. The number of piperidine rings is 1. The summed E-state index contributed by atoms with van der Waals surface area (Å²) < 4.78 is 46.6. The topological polar surface area (TPSA) is 132 Å². The lowest BCUT2D eigenvalue weighted by Crippen LogP contribution is -2.53. The zero-order chi connectivity index (χ0) is 43.7. The molecule has 0 bridgehead atoms. The van der Waals surface area contributed by atoms with Crippen LogP contribution in [0.5, 0.6) is 11.5 Å². The summed E-state index contributed by atoms with van der Waals surface area (Å²) >= 11 is 12.7. The van der Waals surface area contributed by atoms with Gasteiger partial charge in [-0.15, -0.1) is 0 Å². The molecule has 3 aromatic carbocycles. The first kappa shape index (κ1) is 41.9. The molecule has 11 nitrogen and oxygen atoms in total. The van der Waals surface area contributed by atoms with Crippen molar-refractivity contribution in [1.82, 2.24) is 19.8 Å². The summed E-state index contributed by atoms with van der Waals surface area (Å²) in [6.07, 6.45) is -0.985. The quantitative estimate of drug-likeness (QED) is 0.126. The standard InChI is InChI=1S/C46H42Cl2F3N5O6/c1-2-62-36-10-6-9-32(39(36)57)38-30-15-16-31-37(43(60)55(41(31)58)29-17-19-54(20-18-29)24-25-7-4-3-5-8-25)33(30)22-34-42(59)56(44(61)45(34,38)26-11-13-28(47)14-12-26)53-40-35(48)21-27(23-52-40)46(49,50)51/h3-15,21,23,29,31,33-34,37-38,57H,2,16-20,22,24H2,1H3,(H,52,53)/t31-,33+,34-,37-,38+,45+/m0/s1. The Kier molecular flexibility index (Phi) is 10.8. The van der Waals surface area contributed by atoms with Gasteiger partial charge in [0, 0.05) is 48.4 Å². The number of halogens is 5. The number of aromatic hydroxyl groups is 1. The number of anilines is 1. The molecule has 62 heavy (non-hydrogen) atoms. The van der Waals surface area contributed by atoms with Crippen molar-refractivity contribution in [2.75, 3.05) is 25.1 Å². The number of hydrogen-bond donors (Lipinski definition) is 2. The predicted octanol–water partition coefficient (Wildman–Crippen LogP) is 8.16. The van der Waals surface area contributed by atoms with Crippen molar-refractivity contribution in [2.45, 2.75) is 62.7 Å². The second kappa shape index (κ2) is 16.0. The Morgan fingerprint density at radius 3 is 2.32 bits per heavy atom. The number of amides is 4. The lowest BCUT2D eigenvalue weighted by molar-refractivity contribution is -0.144. The largest absolute Gasteiger partial charge is 0.504 e. The van der Waals surface area contributed by atoms with E-state index in [4.69, 9.17) is 27.9 Å². The molecular weight excluding hydrogens is 846 g/mol. The number of benzene rings is 3. The highest BCUT2D eigenvalue weighted by Crippen LogP contribution is 2.65. The van der Waals surface area contributed by atoms with Gasteiger partial charge in [0.25, 0.3) is 11.8 Å². The van der Waals surface area contributed by atoms with Gasteiger partial charge in [0.05, 0.1) is 40.4 Å². The molecule has 4 aromatic rings. The number of para-hydroxylation sites is 1. The predicted molar refractivity (Wildman–Crippen MR) is 223 cm³/mol. The van der Waals surface area contributed by atoms with Crippen molar-refractivity contribution in [1.29, 1.82) is 0 Å². The summed E-state index contributed by atoms with van der Waals surface area (Å²) in [6.45, 7) is 4.10. The highest BCUT2D eigenvalue weighted by Gasteiger charge is 2.71. The number of rotatable bonds is 9. The van der Waals surface area contributed by atoms with Crippen LogP contribution in [0.3, 0.4) is 0 Å². The van der Waals surface area contributed by atoms with E-state index in [1.165, 1.54) is 10.5 Å². The van der Waals surface area contributed by atoms with Gasteiger partial charge in [-0.3, -0.25) is 34.4 Å². The van der Waals surface area contributed by atoms with E-state index in [2.05, 4.69) is 27.4 Å². The number of nitrogens with one attached hydrogen (secondary N) is 1. The number of allylic oxidation sites excluding steroid dienone is 2. The normalized spacial score (nSPS) is 26.6. The molecule has 4 heterocycles. The number of carbonyl (C=O) groups excluding carboxylic acids is 4. The first-order valence-electron chi connectivity index (χ1n) is 20.7. The smallest absolute Gasteiger partial charge is 0.417 e. The van der Waals surface area contributed by atoms with Crippen molar-refractivity contribution in [3.63, 3.8) is 0 Å². The number of carbonyl (C=O) groups is 4. The lowest BCUT2D eigenvalue weighted by atomic mass is 9.49. The van der Waals surface area contributed by atoms with Crippen LogP contribution in [0.4, 0.5) is 19.0 Å². The number of pyridine rings is 1. The summed E-state index contributed by atoms with van der Waals surface area (Å²) in [6, 6.07) is 21.7. The van der Waals surface area contributed by atoms with Crippen molar-refractivity contribution >= 4 is 52.6 Å². The van der Waals surface area contributed by atoms with E-state index < -0.39 is 63.6 Å². The van der Waals surface area contributed by atoms with Crippen molar-refractivity contribution in [3.8, 4) is 11.5 Å². The van der Waals surface area contributed by atoms with Crippen LogP contribution in [-0.4, -0.2) is 74.3 Å². The monoisotopic (exact) mass is 887 g/mol. The number of aromatic nitrogens is 1. The third-order valence-electron chi connectivity index (χ3n) is 13.4. The van der Waals surface area contributed by atoms with E-state index in [1.54, 1.807) is 49.4 Å². The van der Waals surface area contributed by atoms with E-state index in [0.29, 0.717) is 54.4 Å². The lowest BCUT2D eigenvalue weighted by Gasteiger charge is -2.50. The molecule has 3 aliphatic heterocycles. The van der Waals surface area contributed by atoms with E-state index in [1.807, 2.05) is 24.3 Å². The zero-order valence-electron chi connectivity index (χ0n) is 33.4. The fraction of sp³-hybridized carbons (Fsp3) is 0.370. The number of fused-ring (bicyclic) bond motifs is 4. The van der Waals surface area contributed by atoms with E-state index >= 15 is 9.59 Å². The van der Waals surface area contributed by atoms with Gasteiger partial charge in [-0.1, -0.05) is 89.4 Å². The Bertz CT molecular complexity index is 2480. The minimum atomic E-state index is -4.76. The van der Waals surface area contributed by atoms with Gasteiger partial charge in [0.1, 0.15) is 0 Å². The van der Waals surface area contributed by atoms with E-state index in [-0.39, 0.29) is 60.2 Å². The van der Waals surface area contributed by atoms with Crippen LogP contribution in [0.1, 0.15) is 60.8 Å². The summed E-state index contributed by atoms with van der Waals surface area (Å²) in [5.41, 5.74) is 2.09. The molecular formula is C46H42Cl2F3N5O6. The third-order valence-corrected chi connectivity index (χ3v) is 13.9. The molecule has 5 aliphatic rings. The number of nitrogens with zero attached hydrogens (tertiary/aromatic N) is 4. The molecule has 0 unspecified atom stereocenters. The highest BCUT2D eigenvalue weighted by atomic mass is 35.5. The SMILES string of the molecule is CCOc1cccc([C@H]2C3=CC[C@@H]4C(=O)N(C5CCN(Cc6ccccc6)CC5)C(=O)[C@@H]4[C@@H]3C[C@H]3C(=O)N(Nc4ncc(C(F)(F)F)cc4Cl)C(=O)[C@@]23c2ccc(Cl)cc2)c1O. The highest BCUT2D eigenvalue weighted by molar-refractivity contribution is 6.33. The number of hydrazine groups is 1. The number of phenolic OH excluding ortho intramolecular Hbond substituents is 1. The minimum Gasteiger partial charge on any atom is -0.504 e. The van der Waals surface area contributed by atoms with E-state index in [0.717, 1.165) is 11.6 Å². The molecule has 1 aromatic heterocycles. The van der Waals surface area contributed by atoms with Crippen LogP contribution < -0.4 is 10.2 Å². The third kappa shape index (κ3) is 6.81. The first-order valence-corrected chi connectivity index (χ1v) is 21.4. The fourth-order valence-corrected chi connectivity index (χ4v) is 11.1. The molecule has 1 saturated carbocycles. The number of hydrogen-bond acceptors (Lipinski definition) is 9. The Morgan fingerprint density at radius 1 is 0.919 bits per heavy atom. The molecule has 16 heteroatoms. The summed E-state index contributed by atoms with van der Waals surface area (Å²) in [4.78, 5) is 67.5. The van der Waals surface area contributed by atoms with Crippen LogP contribution in [-0.2, 0) is 37.3 Å². The van der Waals surface area contributed by atoms with Gasteiger partial charge in [-0.25, -0.2) is 4.98 Å². The molecule has 0 spiro atoms. The zero-order valence-corrected chi connectivity index (χ0v) is 35.0. The van der Waals surface area contributed by atoms with Gasteiger partial charge in [0.2, 0.25) is 11.8 Å². The molecule has 3 saturated heterocycles. The minimum absolute atomic E-state index is 0.0443. The Hall–Kier alpha value is -5.44. The summed E-state index contributed by atoms with van der Waals surface area (Å²) in [5, 5.41) is 12.6. The second-order valence-corrected chi connectivity index (χ2v) is 17.4. The number of phenols is 1. The molecule has 2 aliphatic carbocycles. The molecule has 6 atom stereocenters. The van der Waals surface area contributed by atoms with Crippen molar-refractivity contribution < 1.29 is 42.2 Å². The average molecular weight is 889 g/mol. The number of imide groups is 2. The van der Waals surface area contributed by atoms with Crippen LogP contribution in [0.25, 0.3) is 0 Å². The Balaban J connectivity index is 1.13. The Morgan fingerprint density at radius 2 is 1.65 bits per heavy atom. The molecule has 322 valence electrons. The van der Waals surface area contributed by atoms with Gasteiger partial charge < -0.3 is 9.84 Å². The summed E-state index contributed by atoms with van der Waals surface area (Å²) in [7, 11) is 0. The van der Waals surface area contributed by atoms with Gasteiger partial charge in [0.15, 0.2) is 17.3 Å². The van der Waals surface area contributed by atoms with E-state index in [9.17, 15) is 27.9 Å². The average Bonchev–Trinajstić information content (AvgIpc) is 3.63. The van der Waals surface area contributed by atoms with Crippen LogP contribution in [0.15, 0.2) is 96.7 Å². The number of alkyl halides is 3. The van der Waals surface area contributed by atoms with Crippen molar-refractivity contribution in [2.24, 2.45) is 23.7 Å². The van der Waals surface area contributed by atoms with Crippen molar-refractivity contribution in [3.05, 3.63) is 129 Å². The molecule has 2 N–H and O–H groups in total. The van der Waals surface area contributed by atoms with Crippen LogP contribution in [0.2, 0.25) is 10.0 Å². The molecule has 4 fully saturated rings. The van der Waals surface area contributed by atoms with Gasteiger partial charge in [-0.2, -0.15) is 18.2 Å². The summed E-state index contributed by atoms with van der Waals surface area (Å²) in [5.74, 6) is -7.26. The fourth-order valence-electron chi connectivity index (χ4n) is 10.7. The first-order chi connectivity index (χ1) is 29.7. The molecule has 4 amide bonds. The Labute approximate surface area is 365 Å². The number of likely N-dealkylation sites (tertiary alicyclic amines) is 2. The van der Waals surface area contributed by atoms with Gasteiger partial charge >= 0.3 is 6.18 Å².